The first-order chi connectivity index (χ1) is 6.81. The fraction of sp³-hybridized carbons (Fsp3) is 0.417. The first kappa shape index (κ1) is 11.6. The second-order valence-electron chi connectivity index (χ2n) is 4.45. The minimum Gasteiger partial charge on any atom is -0.508 e. The van der Waals surface area contributed by atoms with Gasteiger partial charge in [-0.1, -0.05) is 6.07 Å². The Morgan fingerprint density at radius 3 is 2.47 bits per heavy atom. The minimum atomic E-state index is -0.519. The summed E-state index contributed by atoms with van der Waals surface area (Å²) in [6, 6.07) is 4.81. The summed E-state index contributed by atoms with van der Waals surface area (Å²) in [4.78, 5) is 11.7. The molecule has 0 amide bonds. The topological polar surface area (TPSA) is 46.5 Å². The van der Waals surface area contributed by atoms with Gasteiger partial charge in [0.2, 0.25) is 0 Å². The Bertz CT molecular complexity index is 375. The van der Waals surface area contributed by atoms with Gasteiger partial charge in [0.05, 0.1) is 5.56 Å². The fourth-order valence-corrected chi connectivity index (χ4v) is 1.18. The molecule has 15 heavy (non-hydrogen) atoms. The summed E-state index contributed by atoms with van der Waals surface area (Å²) >= 11 is 0. The second kappa shape index (κ2) is 3.93. The first-order valence-electron chi connectivity index (χ1n) is 4.83. The lowest BCUT2D eigenvalue weighted by molar-refractivity contribution is 0.00683. The van der Waals surface area contributed by atoms with E-state index in [1.807, 2.05) is 20.8 Å². The summed E-state index contributed by atoms with van der Waals surface area (Å²) in [5.41, 5.74) is 0.436. The van der Waals surface area contributed by atoms with Crippen LogP contribution in [0.1, 0.15) is 36.7 Å². The molecule has 0 spiro atoms. The number of carbonyl (C=O) groups excluding carboxylic acids is 1. The van der Waals surface area contributed by atoms with Crippen molar-refractivity contribution in [3.05, 3.63) is 29.3 Å². The molecule has 3 heteroatoms. The monoisotopic (exact) mass is 208 g/mol. The molecular formula is C12H16O3. The first-order valence-corrected chi connectivity index (χ1v) is 4.83. The van der Waals surface area contributed by atoms with E-state index in [9.17, 15) is 9.90 Å². The normalized spacial score (nSPS) is 11.2. The van der Waals surface area contributed by atoms with Crippen LogP contribution in [0.3, 0.4) is 0 Å². The fourth-order valence-electron chi connectivity index (χ4n) is 1.18. The molecule has 1 aromatic rings. The van der Waals surface area contributed by atoms with Crippen molar-refractivity contribution in [1.82, 2.24) is 0 Å². The van der Waals surface area contributed by atoms with Gasteiger partial charge < -0.3 is 9.84 Å². The highest BCUT2D eigenvalue weighted by atomic mass is 16.6. The average Bonchev–Trinajstić information content (AvgIpc) is 2.06. The van der Waals surface area contributed by atoms with Crippen molar-refractivity contribution < 1.29 is 14.6 Å². The van der Waals surface area contributed by atoms with Crippen molar-refractivity contribution in [2.24, 2.45) is 0 Å². The van der Waals surface area contributed by atoms with Gasteiger partial charge in [-0.3, -0.25) is 0 Å². The number of rotatable bonds is 1. The molecule has 1 rings (SSSR count). The summed E-state index contributed by atoms with van der Waals surface area (Å²) in [7, 11) is 0. The van der Waals surface area contributed by atoms with Crippen LogP contribution in [-0.2, 0) is 4.74 Å². The van der Waals surface area contributed by atoms with Crippen LogP contribution in [0.2, 0.25) is 0 Å². The molecule has 1 aromatic carbocycles. The van der Waals surface area contributed by atoms with E-state index in [1.54, 1.807) is 25.1 Å². The number of phenolic OH excluding ortho intramolecular Hbond substituents is 1. The smallest absolute Gasteiger partial charge is 0.339 e. The maximum Gasteiger partial charge on any atom is 0.339 e. The summed E-state index contributed by atoms with van der Waals surface area (Å²) in [5.74, 6) is -0.297. The molecule has 0 atom stereocenters. The SMILES string of the molecule is Cc1c(O)cccc1C(=O)OC(C)(C)C. The molecule has 0 fully saturated rings. The molecular weight excluding hydrogens is 192 g/mol. The maximum absolute atomic E-state index is 11.7. The Balaban J connectivity index is 2.97. The number of benzene rings is 1. The lowest BCUT2D eigenvalue weighted by Crippen LogP contribution is -2.24. The van der Waals surface area contributed by atoms with Crippen molar-refractivity contribution in [2.75, 3.05) is 0 Å². The molecule has 0 saturated heterocycles. The Morgan fingerprint density at radius 2 is 1.93 bits per heavy atom. The van der Waals surface area contributed by atoms with Gasteiger partial charge >= 0.3 is 5.97 Å². The van der Waals surface area contributed by atoms with Crippen molar-refractivity contribution in [1.29, 1.82) is 0 Å². The van der Waals surface area contributed by atoms with Gasteiger partial charge in [0.1, 0.15) is 11.4 Å². The summed E-state index contributed by atoms with van der Waals surface area (Å²) in [6.07, 6.45) is 0. The molecule has 0 aliphatic rings. The Morgan fingerprint density at radius 1 is 1.33 bits per heavy atom. The maximum atomic E-state index is 11.7. The molecule has 0 aliphatic carbocycles. The van der Waals surface area contributed by atoms with E-state index in [4.69, 9.17) is 4.74 Å². The molecule has 0 aromatic heterocycles. The largest absolute Gasteiger partial charge is 0.508 e. The standard InChI is InChI=1S/C12H16O3/c1-8-9(6-5-7-10(8)13)11(14)15-12(2,3)4/h5-7,13H,1-4H3. The molecule has 0 saturated carbocycles. The zero-order valence-electron chi connectivity index (χ0n) is 9.50. The third-order valence-corrected chi connectivity index (χ3v) is 1.92. The van der Waals surface area contributed by atoms with Crippen LogP contribution >= 0.6 is 0 Å². The number of carbonyl (C=O) groups is 1. The van der Waals surface area contributed by atoms with Crippen LogP contribution in [0.5, 0.6) is 5.75 Å². The number of ether oxygens (including phenoxy) is 1. The van der Waals surface area contributed by atoms with Crippen LogP contribution < -0.4 is 0 Å². The summed E-state index contributed by atoms with van der Waals surface area (Å²) in [5, 5.41) is 9.44. The summed E-state index contributed by atoms with van der Waals surface area (Å²) < 4.78 is 5.21. The van der Waals surface area contributed by atoms with Gasteiger partial charge in [-0.2, -0.15) is 0 Å². The van der Waals surface area contributed by atoms with Gasteiger partial charge in [0.25, 0.3) is 0 Å². The van der Waals surface area contributed by atoms with Gasteiger partial charge in [0, 0.05) is 5.56 Å². The van der Waals surface area contributed by atoms with Gasteiger partial charge in [-0.05, 0) is 39.8 Å². The van der Waals surface area contributed by atoms with Crippen molar-refractivity contribution >= 4 is 5.97 Å². The number of hydrogen-bond acceptors (Lipinski definition) is 3. The molecule has 0 bridgehead atoms. The number of phenols is 1. The van der Waals surface area contributed by atoms with E-state index in [-0.39, 0.29) is 5.75 Å². The predicted octanol–water partition coefficient (Wildman–Crippen LogP) is 2.66. The van der Waals surface area contributed by atoms with Gasteiger partial charge in [-0.15, -0.1) is 0 Å². The Kier molecular flexibility index (Phi) is 3.03. The van der Waals surface area contributed by atoms with E-state index in [0.717, 1.165) is 0 Å². The summed E-state index contributed by atoms with van der Waals surface area (Å²) in [6.45, 7) is 7.11. The molecule has 0 aliphatic heterocycles. The second-order valence-corrected chi connectivity index (χ2v) is 4.45. The van der Waals surface area contributed by atoms with Crippen molar-refractivity contribution in [3.8, 4) is 5.75 Å². The van der Waals surface area contributed by atoms with E-state index >= 15 is 0 Å². The molecule has 0 radical (unpaired) electrons. The zero-order valence-corrected chi connectivity index (χ0v) is 9.50. The van der Waals surface area contributed by atoms with Gasteiger partial charge in [0.15, 0.2) is 0 Å². The van der Waals surface area contributed by atoms with Crippen LogP contribution in [0, 0.1) is 6.92 Å². The van der Waals surface area contributed by atoms with Crippen molar-refractivity contribution in [3.63, 3.8) is 0 Å². The average molecular weight is 208 g/mol. The predicted molar refractivity (Wildman–Crippen MR) is 58.0 cm³/mol. The van der Waals surface area contributed by atoms with Crippen LogP contribution in [0.15, 0.2) is 18.2 Å². The molecule has 0 unspecified atom stereocenters. The van der Waals surface area contributed by atoms with Crippen LogP contribution in [0.25, 0.3) is 0 Å². The third kappa shape index (κ3) is 2.98. The minimum absolute atomic E-state index is 0.110. The number of esters is 1. The van der Waals surface area contributed by atoms with Crippen LogP contribution in [0.4, 0.5) is 0 Å². The molecule has 82 valence electrons. The number of aromatic hydroxyl groups is 1. The lowest BCUT2D eigenvalue weighted by Gasteiger charge is -2.20. The lowest BCUT2D eigenvalue weighted by atomic mass is 10.1. The molecule has 1 N–H and O–H groups in total. The van der Waals surface area contributed by atoms with Gasteiger partial charge in [-0.25, -0.2) is 4.79 Å². The number of hydrogen-bond donors (Lipinski definition) is 1. The highest BCUT2D eigenvalue weighted by molar-refractivity contribution is 5.92. The van der Waals surface area contributed by atoms with E-state index in [1.165, 1.54) is 0 Å². The Hall–Kier alpha value is -1.51. The molecule has 3 nitrogen and oxygen atoms in total. The van der Waals surface area contributed by atoms with Crippen LogP contribution in [-0.4, -0.2) is 16.7 Å². The highest BCUT2D eigenvalue weighted by Crippen LogP contribution is 2.21. The third-order valence-electron chi connectivity index (χ3n) is 1.92. The van der Waals surface area contributed by atoms with E-state index in [2.05, 4.69) is 0 Å². The molecule has 0 heterocycles. The Labute approximate surface area is 89.7 Å². The highest BCUT2D eigenvalue weighted by Gasteiger charge is 2.19. The van der Waals surface area contributed by atoms with Crippen molar-refractivity contribution in [2.45, 2.75) is 33.3 Å². The van der Waals surface area contributed by atoms with E-state index in [0.29, 0.717) is 11.1 Å². The quantitative estimate of drug-likeness (QED) is 0.722. The zero-order chi connectivity index (χ0) is 11.6. The van der Waals surface area contributed by atoms with E-state index < -0.39 is 11.6 Å².